The van der Waals surface area contributed by atoms with Crippen molar-refractivity contribution in [3.8, 4) is 11.5 Å². The van der Waals surface area contributed by atoms with Crippen LogP contribution in [0.4, 0.5) is 0 Å². The van der Waals surface area contributed by atoms with Gasteiger partial charge in [0.2, 0.25) is 0 Å². The normalized spacial score (nSPS) is 17.8. The van der Waals surface area contributed by atoms with Crippen molar-refractivity contribution in [2.75, 3.05) is 33.4 Å². The van der Waals surface area contributed by atoms with Crippen LogP contribution >= 0.6 is 0 Å². The average Bonchev–Trinajstić information content (AvgIpc) is 3.23. The van der Waals surface area contributed by atoms with Gasteiger partial charge in [0, 0.05) is 31.2 Å². The lowest BCUT2D eigenvalue weighted by molar-refractivity contribution is 0.167. The molecular formula is C15H22N2O2. The third-order valence-corrected chi connectivity index (χ3v) is 3.59. The van der Waals surface area contributed by atoms with Crippen LogP contribution in [0.3, 0.4) is 0 Å². The van der Waals surface area contributed by atoms with Crippen molar-refractivity contribution in [3.05, 3.63) is 23.8 Å². The Kier molecular flexibility index (Phi) is 3.89. The lowest BCUT2D eigenvalue weighted by Gasteiger charge is -2.23. The second-order valence-electron chi connectivity index (χ2n) is 5.41. The molecule has 0 amide bonds. The zero-order chi connectivity index (χ0) is 13.1. The van der Waals surface area contributed by atoms with Crippen molar-refractivity contribution in [1.82, 2.24) is 10.2 Å². The Labute approximate surface area is 114 Å². The fourth-order valence-electron chi connectivity index (χ4n) is 2.38. The lowest BCUT2D eigenvalue weighted by atomic mass is 10.1. The largest absolute Gasteiger partial charge is 0.486 e. The second kappa shape index (κ2) is 5.80. The van der Waals surface area contributed by atoms with Crippen LogP contribution in [0.5, 0.6) is 11.5 Å². The van der Waals surface area contributed by atoms with Gasteiger partial charge in [0.05, 0.1) is 0 Å². The minimum absolute atomic E-state index is 0.650. The van der Waals surface area contributed by atoms with Crippen LogP contribution in [-0.4, -0.2) is 44.3 Å². The van der Waals surface area contributed by atoms with E-state index in [4.69, 9.17) is 9.47 Å². The van der Waals surface area contributed by atoms with E-state index in [0.29, 0.717) is 13.2 Å². The summed E-state index contributed by atoms with van der Waals surface area (Å²) in [5, 5.41) is 3.54. The zero-order valence-electron chi connectivity index (χ0n) is 11.5. The Hall–Kier alpha value is -1.26. The summed E-state index contributed by atoms with van der Waals surface area (Å²) >= 11 is 0. The van der Waals surface area contributed by atoms with Gasteiger partial charge >= 0.3 is 0 Å². The fraction of sp³-hybridized carbons (Fsp3) is 0.600. The molecule has 0 unspecified atom stereocenters. The van der Waals surface area contributed by atoms with Gasteiger partial charge in [-0.25, -0.2) is 0 Å². The van der Waals surface area contributed by atoms with Gasteiger partial charge in [-0.2, -0.15) is 0 Å². The number of likely N-dealkylation sites (N-methyl/N-ethyl adjacent to an activating group) is 1. The van der Waals surface area contributed by atoms with E-state index in [1.54, 1.807) is 0 Å². The summed E-state index contributed by atoms with van der Waals surface area (Å²) < 4.78 is 11.4. The van der Waals surface area contributed by atoms with Crippen LogP contribution in [0.15, 0.2) is 18.2 Å². The van der Waals surface area contributed by atoms with Crippen molar-refractivity contribution >= 4 is 0 Å². The third kappa shape index (κ3) is 3.39. The molecule has 104 valence electrons. The maximum absolute atomic E-state index is 5.74. The summed E-state index contributed by atoms with van der Waals surface area (Å²) in [6.07, 6.45) is 2.70. The van der Waals surface area contributed by atoms with E-state index >= 15 is 0 Å². The topological polar surface area (TPSA) is 33.7 Å². The minimum atomic E-state index is 0.650. The Bertz CT molecular complexity index is 432. The molecule has 0 spiro atoms. The van der Waals surface area contributed by atoms with Gasteiger partial charge in [-0.1, -0.05) is 12.1 Å². The number of hydrogen-bond acceptors (Lipinski definition) is 4. The van der Waals surface area contributed by atoms with E-state index in [9.17, 15) is 0 Å². The molecule has 0 bridgehead atoms. The van der Waals surface area contributed by atoms with Crippen LogP contribution in [0.1, 0.15) is 18.4 Å². The number of nitrogens with one attached hydrogen (secondary N) is 1. The molecule has 1 aliphatic heterocycles. The second-order valence-corrected chi connectivity index (χ2v) is 5.41. The molecule has 1 N–H and O–H groups in total. The van der Waals surface area contributed by atoms with Crippen molar-refractivity contribution in [3.63, 3.8) is 0 Å². The molecule has 1 heterocycles. The Morgan fingerprint density at radius 2 is 2.11 bits per heavy atom. The van der Waals surface area contributed by atoms with E-state index in [1.807, 2.05) is 12.1 Å². The monoisotopic (exact) mass is 262 g/mol. The first-order chi connectivity index (χ1) is 9.33. The van der Waals surface area contributed by atoms with Crippen LogP contribution in [0.2, 0.25) is 0 Å². The Morgan fingerprint density at radius 1 is 1.26 bits per heavy atom. The first-order valence-corrected chi connectivity index (χ1v) is 7.12. The molecule has 4 nitrogen and oxygen atoms in total. The Morgan fingerprint density at radius 3 is 2.95 bits per heavy atom. The third-order valence-electron chi connectivity index (χ3n) is 3.59. The minimum Gasteiger partial charge on any atom is -0.486 e. The maximum Gasteiger partial charge on any atom is 0.165 e. The summed E-state index contributed by atoms with van der Waals surface area (Å²) in [7, 11) is 2.15. The summed E-state index contributed by atoms with van der Waals surface area (Å²) in [6, 6.07) is 6.93. The highest BCUT2D eigenvalue weighted by Crippen LogP contribution is 2.34. The molecule has 3 rings (SSSR count). The van der Waals surface area contributed by atoms with Gasteiger partial charge in [0.15, 0.2) is 11.5 Å². The van der Waals surface area contributed by atoms with E-state index in [1.165, 1.54) is 18.4 Å². The number of hydrogen-bond donors (Lipinski definition) is 1. The highest BCUT2D eigenvalue weighted by Gasteiger charge is 2.20. The SMILES string of the molecule is CN(CCNC1CC1)Cc1cccc2c1OCCO2. The predicted octanol–water partition coefficient (Wildman–Crippen LogP) is 1.64. The summed E-state index contributed by atoms with van der Waals surface area (Å²) in [5.41, 5.74) is 1.21. The summed E-state index contributed by atoms with van der Waals surface area (Å²) in [4.78, 5) is 2.32. The molecule has 2 aliphatic rings. The maximum atomic E-state index is 5.74. The fourth-order valence-corrected chi connectivity index (χ4v) is 2.38. The first kappa shape index (κ1) is 12.8. The van der Waals surface area contributed by atoms with Gasteiger partial charge in [-0.15, -0.1) is 0 Å². The molecule has 0 saturated heterocycles. The first-order valence-electron chi connectivity index (χ1n) is 7.12. The average molecular weight is 262 g/mol. The molecule has 0 atom stereocenters. The van der Waals surface area contributed by atoms with Gasteiger partial charge in [0.25, 0.3) is 0 Å². The van der Waals surface area contributed by atoms with Gasteiger partial charge < -0.3 is 19.7 Å². The Balaban J connectivity index is 1.55. The molecule has 0 radical (unpaired) electrons. The van der Waals surface area contributed by atoms with Crippen LogP contribution < -0.4 is 14.8 Å². The number of para-hydroxylation sites is 1. The van der Waals surface area contributed by atoms with Crippen molar-refractivity contribution in [1.29, 1.82) is 0 Å². The van der Waals surface area contributed by atoms with Crippen LogP contribution in [0, 0.1) is 0 Å². The molecule has 1 aromatic rings. The van der Waals surface area contributed by atoms with Gasteiger partial charge in [0.1, 0.15) is 13.2 Å². The number of ether oxygens (including phenoxy) is 2. The van der Waals surface area contributed by atoms with Crippen molar-refractivity contribution in [2.45, 2.75) is 25.4 Å². The molecule has 19 heavy (non-hydrogen) atoms. The molecule has 1 saturated carbocycles. The van der Waals surface area contributed by atoms with Crippen LogP contribution in [-0.2, 0) is 6.54 Å². The highest BCUT2D eigenvalue weighted by atomic mass is 16.6. The molecule has 1 aliphatic carbocycles. The van der Waals surface area contributed by atoms with Gasteiger partial charge in [-0.05, 0) is 26.0 Å². The van der Waals surface area contributed by atoms with Gasteiger partial charge in [-0.3, -0.25) is 0 Å². The highest BCUT2D eigenvalue weighted by molar-refractivity contribution is 5.47. The number of fused-ring (bicyclic) bond motifs is 1. The van der Waals surface area contributed by atoms with E-state index in [-0.39, 0.29) is 0 Å². The quantitative estimate of drug-likeness (QED) is 0.845. The standard InChI is InChI=1S/C15H22N2O2/c1-17(8-7-16-13-5-6-13)11-12-3-2-4-14-15(12)19-10-9-18-14/h2-4,13,16H,5-11H2,1H3. The summed E-state index contributed by atoms with van der Waals surface area (Å²) in [6.45, 7) is 4.32. The number of benzene rings is 1. The van der Waals surface area contributed by atoms with Crippen LogP contribution in [0.25, 0.3) is 0 Å². The predicted molar refractivity (Wildman–Crippen MR) is 74.8 cm³/mol. The number of rotatable bonds is 6. The molecule has 1 aromatic carbocycles. The van der Waals surface area contributed by atoms with E-state index in [2.05, 4.69) is 23.3 Å². The summed E-state index contributed by atoms with van der Waals surface area (Å²) in [5.74, 6) is 1.81. The number of nitrogens with zero attached hydrogens (tertiary/aromatic N) is 1. The lowest BCUT2D eigenvalue weighted by Crippen LogP contribution is -2.30. The zero-order valence-corrected chi connectivity index (χ0v) is 11.5. The van der Waals surface area contributed by atoms with Crippen molar-refractivity contribution in [2.24, 2.45) is 0 Å². The molecule has 4 heteroatoms. The molecule has 0 aromatic heterocycles. The van der Waals surface area contributed by atoms with Crippen molar-refractivity contribution < 1.29 is 9.47 Å². The van der Waals surface area contributed by atoms with E-state index < -0.39 is 0 Å². The molecular weight excluding hydrogens is 240 g/mol. The smallest absolute Gasteiger partial charge is 0.165 e. The van der Waals surface area contributed by atoms with E-state index in [0.717, 1.165) is 37.2 Å². The molecule has 1 fully saturated rings.